The van der Waals surface area contributed by atoms with E-state index in [0.717, 1.165) is 24.0 Å². The number of rotatable bonds is 37. The maximum absolute atomic E-state index is 13.3. The van der Waals surface area contributed by atoms with E-state index in [-0.39, 0.29) is 17.5 Å². The minimum Gasteiger partial charge on any atom is -0.508 e. The van der Waals surface area contributed by atoms with Crippen molar-refractivity contribution in [1.29, 1.82) is 0 Å². The van der Waals surface area contributed by atoms with Gasteiger partial charge in [0, 0.05) is 11.8 Å². The van der Waals surface area contributed by atoms with Crippen molar-refractivity contribution in [1.82, 2.24) is 0 Å². The number of hydrogen-bond acceptors (Lipinski definition) is 4. The SMILES string of the molecule is CCCCCCCCCCCCCCCCCCC(CCCCCCCCCCCCCC)COC(=O)CCC(C)(c1ccc(O)cc1)c1ccc(O)cc1. The number of phenolic OH excluding ortho intramolecular Hbond substituents is 2. The summed E-state index contributed by atoms with van der Waals surface area (Å²) in [7, 11) is 0. The standard InChI is InChI=1S/C51H86O4/c1-4-6-8-10-12-14-16-18-19-20-21-23-25-27-29-31-33-45(32-30-28-26-24-22-17-15-13-11-9-7-5-2)44-55-50(54)42-43-51(3,46-34-38-48(52)39-35-46)47-36-40-49(53)41-37-47/h34-41,45,52-53H,4-33,42-44H2,1-3H3. The zero-order valence-corrected chi connectivity index (χ0v) is 36.2. The summed E-state index contributed by atoms with van der Waals surface area (Å²) in [6.07, 6.45) is 41.7. The lowest BCUT2D eigenvalue weighted by atomic mass is 9.73. The Hall–Kier alpha value is -2.49. The molecule has 0 spiro atoms. The average Bonchev–Trinajstić information content (AvgIpc) is 3.19. The smallest absolute Gasteiger partial charge is 0.305 e. The molecule has 0 fully saturated rings. The van der Waals surface area contributed by atoms with Gasteiger partial charge in [0.25, 0.3) is 0 Å². The van der Waals surface area contributed by atoms with E-state index in [0.29, 0.717) is 25.4 Å². The quantitative estimate of drug-likeness (QED) is 0.0531. The van der Waals surface area contributed by atoms with Crippen LogP contribution in [0.4, 0.5) is 0 Å². The third-order valence-electron chi connectivity index (χ3n) is 12.2. The molecule has 4 nitrogen and oxygen atoms in total. The van der Waals surface area contributed by atoms with E-state index in [9.17, 15) is 15.0 Å². The Balaban J connectivity index is 1.74. The topological polar surface area (TPSA) is 66.8 Å². The lowest BCUT2D eigenvalue weighted by Gasteiger charge is -2.31. The Morgan fingerprint density at radius 3 is 1.09 bits per heavy atom. The van der Waals surface area contributed by atoms with Crippen LogP contribution in [0.3, 0.4) is 0 Å². The predicted octanol–water partition coefficient (Wildman–Crippen LogP) is 16.1. The predicted molar refractivity (Wildman–Crippen MR) is 236 cm³/mol. The van der Waals surface area contributed by atoms with Gasteiger partial charge in [-0.15, -0.1) is 0 Å². The number of hydrogen-bond donors (Lipinski definition) is 2. The van der Waals surface area contributed by atoms with Crippen molar-refractivity contribution in [2.24, 2.45) is 5.92 Å². The first-order chi connectivity index (χ1) is 26.9. The molecule has 1 atom stereocenters. The monoisotopic (exact) mass is 763 g/mol. The molecule has 2 aromatic carbocycles. The molecule has 55 heavy (non-hydrogen) atoms. The molecule has 4 heteroatoms. The van der Waals surface area contributed by atoms with Gasteiger partial charge in [-0.25, -0.2) is 0 Å². The molecule has 0 aliphatic heterocycles. The molecule has 0 amide bonds. The summed E-state index contributed by atoms with van der Waals surface area (Å²) in [6.45, 7) is 7.24. The summed E-state index contributed by atoms with van der Waals surface area (Å²) >= 11 is 0. The number of unbranched alkanes of at least 4 members (excludes halogenated alkanes) is 26. The molecule has 0 radical (unpaired) electrons. The number of ether oxygens (including phenoxy) is 1. The lowest BCUT2D eigenvalue weighted by molar-refractivity contribution is -0.145. The van der Waals surface area contributed by atoms with Crippen LogP contribution in [0.5, 0.6) is 11.5 Å². The van der Waals surface area contributed by atoms with Crippen LogP contribution >= 0.6 is 0 Å². The Labute approximate surface area is 340 Å². The molecule has 314 valence electrons. The first-order valence-electron chi connectivity index (χ1n) is 23.6. The van der Waals surface area contributed by atoms with Gasteiger partial charge in [-0.2, -0.15) is 0 Å². The minimum absolute atomic E-state index is 0.129. The molecule has 0 aliphatic rings. The van der Waals surface area contributed by atoms with Gasteiger partial charge in [0.05, 0.1) is 6.61 Å². The van der Waals surface area contributed by atoms with Crippen molar-refractivity contribution < 1.29 is 19.7 Å². The largest absolute Gasteiger partial charge is 0.508 e. The second kappa shape index (κ2) is 32.6. The van der Waals surface area contributed by atoms with Gasteiger partial charge >= 0.3 is 5.97 Å². The molecule has 2 aromatic rings. The van der Waals surface area contributed by atoms with Gasteiger partial charge in [-0.05, 0) is 60.6 Å². The zero-order valence-electron chi connectivity index (χ0n) is 36.2. The Bertz CT molecular complexity index is 1110. The van der Waals surface area contributed by atoms with E-state index < -0.39 is 5.41 Å². The average molecular weight is 763 g/mol. The molecule has 2 rings (SSSR count). The second-order valence-corrected chi connectivity index (χ2v) is 17.2. The van der Waals surface area contributed by atoms with Crippen molar-refractivity contribution in [3.05, 3.63) is 59.7 Å². The van der Waals surface area contributed by atoms with Crippen molar-refractivity contribution in [2.45, 2.75) is 232 Å². The number of carbonyl (C=O) groups excluding carboxylic acids is 1. The van der Waals surface area contributed by atoms with Crippen LogP contribution in [-0.4, -0.2) is 22.8 Å². The van der Waals surface area contributed by atoms with Crippen LogP contribution in [0, 0.1) is 5.92 Å². The first-order valence-corrected chi connectivity index (χ1v) is 23.6. The van der Waals surface area contributed by atoms with Crippen molar-refractivity contribution >= 4 is 5.97 Å². The highest BCUT2D eigenvalue weighted by molar-refractivity contribution is 5.69. The van der Waals surface area contributed by atoms with Gasteiger partial charge < -0.3 is 14.9 Å². The van der Waals surface area contributed by atoms with Crippen LogP contribution < -0.4 is 0 Å². The third kappa shape index (κ3) is 24.0. The zero-order chi connectivity index (χ0) is 39.7. The maximum atomic E-state index is 13.3. The van der Waals surface area contributed by atoms with Crippen molar-refractivity contribution in [3.63, 3.8) is 0 Å². The van der Waals surface area contributed by atoms with Crippen LogP contribution in [0.25, 0.3) is 0 Å². The number of carbonyl (C=O) groups is 1. The van der Waals surface area contributed by atoms with Gasteiger partial charge in [-0.3, -0.25) is 4.79 Å². The first kappa shape index (κ1) is 48.7. The Morgan fingerprint density at radius 1 is 0.491 bits per heavy atom. The van der Waals surface area contributed by atoms with E-state index in [1.54, 1.807) is 24.3 Å². The van der Waals surface area contributed by atoms with Crippen LogP contribution in [0.15, 0.2) is 48.5 Å². The summed E-state index contributed by atoms with van der Waals surface area (Å²) in [4.78, 5) is 13.3. The molecule has 0 aromatic heterocycles. The van der Waals surface area contributed by atoms with E-state index >= 15 is 0 Å². The molecular formula is C51H86O4. The van der Waals surface area contributed by atoms with Gasteiger partial charge in [0.1, 0.15) is 11.5 Å². The van der Waals surface area contributed by atoms with Crippen LogP contribution in [-0.2, 0) is 14.9 Å². The lowest BCUT2D eigenvalue weighted by Crippen LogP contribution is -2.25. The molecule has 0 aliphatic carbocycles. The normalized spacial score (nSPS) is 12.3. The highest BCUT2D eigenvalue weighted by atomic mass is 16.5. The van der Waals surface area contributed by atoms with Crippen LogP contribution in [0.1, 0.15) is 237 Å². The van der Waals surface area contributed by atoms with Gasteiger partial charge in [-0.1, -0.05) is 225 Å². The fourth-order valence-electron chi connectivity index (χ4n) is 8.32. The maximum Gasteiger partial charge on any atom is 0.305 e. The van der Waals surface area contributed by atoms with Gasteiger partial charge in [0.15, 0.2) is 0 Å². The Kier molecular flexibility index (Phi) is 28.8. The van der Waals surface area contributed by atoms with E-state index in [1.165, 1.54) is 180 Å². The van der Waals surface area contributed by atoms with Crippen molar-refractivity contribution in [3.8, 4) is 11.5 Å². The number of phenols is 2. The molecule has 0 saturated heterocycles. The highest BCUT2D eigenvalue weighted by Crippen LogP contribution is 2.38. The molecule has 2 N–H and O–H groups in total. The summed E-state index contributed by atoms with van der Waals surface area (Å²) < 4.78 is 6.03. The molecule has 0 heterocycles. The highest BCUT2D eigenvalue weighted by Gasteiger charge is 2.30. The molecule has 1 unspecified atom stereocenters. The minimum atomic E-state index is -0.456. The summed E-state index contributed by atoms with van der Waals surface area (Å²) in [6, 6.07) is 14.5. The fourth-order valence-corrected chi connectivity index (χ4v) is 8.32. The van der Waals surface area contributed by atoms with Crippen LogP contribution in [0.2, 0.25) is 0 Å². The number of benzene rings is 2. The number of esters is 1. The van der Waals surface area contributed by atoms with Crippen molar-refractivity contribution in [2.75, 3.05) is 6.61 Å². The molecular weight excluding hydrogens is 677 g/mol. The summed E-state index contributed by atoms with van der Waals surface area (Å²) in [5.74, 6) is 0.759. The fraction of sp³-hybridized carbons (Fsp3) is 0.745. The summed E-state index contributed by atoms with van der Waals surface area (Å²) in [5, 5.41) is 19.8. The molecule has 0 bridgehead atoms. The number of aromatic hydroxyl groups is 2. The summed E-state index contributed by atoms with van der Waals surface area (Å²) in [5.41, 5.74) is 1.59. The van der Waals surface area contributed by atoms with E-state index in [4.69, 9.17) is 4.74 Å². The third-order valence-corrected chi connectivity index (χ3v) is 12.2. The Morgan fingerprint density at radius 2 is 0.782 bits per heavy atom. The van der Waals surface area contributed by atoms with E-state index in [2.05, 4.69) is 20.8 Å². The second-order valence-electron chi connectivity index (χ2n) is 17.2. The molecule has 0 saturated carbocycles. The van der Waals surface area contributed by atoms with Gasteiger partial charge in [0.2, 0.25) is 0 Å². The van der Waals surface area contributed by atoms with E-state index in [1.807, 2.05) is 24.3 Å².